The van der Waals surface area contributed by atoms with Crippen LogP contribution >= 0.6 is 11.6 Å². The molecule has 0 bridgehead atoms. The Kier molecular flexibility index (Phi) is 7.64. The summed E-state index contributed by atoms with van der Waals surface area (Å²) in [5.41, 5.74) is 3.70. The standard InChI is InChI=1S/C19H20ClN3O3/c1-2-11-26-17-9-3-14(4-10-17)13-21-23-19(25)12-18(24)22-16-7-5-15(20)6-8-16/h3-10,13H,2,11-12H2,1H3,(H,22,24)(H,23,25). The average molecular weight is 374 g/mol. The fraction of sp³-hybridized carbons (Fsp3) is 0.211. The van der Waals surface area contributed by atoms with Gasteiger partial charge >= 0.3 is 0 Å². The number of amides is 2. The third kappa shape index (κ3) is 6.94. The normalized spacial score (nSPS) is 10.5. The molecule has 2 aromatic carbocycles. The molecule has 0 fully saturated rings. The first-order valence-electron chi connectivity index (χ1n) is 8.17. The van der Waals surface area contributed by atoms with Gasteiger partial charge in [0.15, 0.2) is 0 Å². The van der Waals surface area contributed by atoms with Gasteiger partial charge in [0.1, 0.15) is 12.2 Å². The molecule has 0 aliphatic carbocycles. The smallest absolute Gasteiger partial charge is 0.249 e. The zero-order chi connectivity index (χ0) is 18.8. The second-order valence-corrected chi connectivity index (χ2v) is 5.88. The summed E-state index contributed by atoms with van der Waals surface area (Å²) in [4.78, 5) is 23.5. The number of nitrogens with zero attached hydrogens (tertiary/aromatic N) is 1. The molecule has 0 aliphatic heterocycles. The maximum atomic E-state index is 11.8. The average Bonchev–Trinajstić information content (AvgIpc) is 2.63. The Balaban J connectivity index is 1.75. The lowest BCUT2D eigenvalue weighted by Gasteiger charge is -2.05. The van der Waals surface area contributed by atoms with E-state index in [-0.39, 0.29) is 6.42 Å². The molecule has 0 atom stereocenters. The summed E-state index contributed by atoms with van der Waals surface area (Å²) in [6, 6.07) is 13.9. The van der Waals surface area contributed by atoms with Crippen LogP contribution in [-0.2, 0) is 9.59 Å². The molecule has 0 unspecified atom stereocenters. The quantitative estimate of drug-likeness (QED) is 0.421. The summed E-state index contributed by atoms with van der Waals surface area (Å²) in [6.07, 6.45) is 2.11. The lowest BCUT2D eigenvalue weighted by Crippen LogP contribution is -2.24. The Morgan fingerprint density at radius 1 is 1.08 bits per heavy atom. The van der Waals surface area contributed by atoms with E-state index in [1.165, 1.54) is 6.21 Å². The third-order valence-electron chi connectivity index (χ3n) is 3.20. The maximum Gasteiger partial charge on any atom is 0.249 e. The van der Waals surface area contributed by atoms with Gasteiger partial charge in [0, 0.05) is 10.7 Å². The molecule has 0 radical (unpaired) electrons. The van der Waals surface area contributed by atoms with E-state index in [2.05, 4.69) is 15.8 Å². The highest BCUT2D eigenvalue weighted by Gasteiger charge is 2.08. The third-order valence-corrected chi connectivity index (χ3v) is 3.46. The van der Waals surface area contributed by atoms with Gasteiger partial charge in [-0.25, -0.2) is 5.43 Å². The van der Waals surface area contributed by atoms with Crippen LogP contribution in [0.25, 0.3) is 0 Å². The number of nitrogens with one attached hydrogen (secondary N) is 2. The highest BCUT2D eigenvalue weighted by molar-refractivity contribution is 6.30. The Morgan fingerprint density at radius 3 is 2.42 bits per heavy atom. The van der Waals surface area contributed by atoms with Crippen molar-refractivity contribution < 1.29 is 14.3 Å². The number of carbonyl (C=O) groups excluding carboxylic acids is 2. The zero-order valence-electron chi connectivity index (χ0n) is 14.4. The highest BCUT2D eigenvalue weighted by Crippen LogP contribution is 2.13. The summed E-state index contributed by atoms with van der Waals surface area (Å²) in [6.45, 7) is 2.71. The van der Waals surface area contributed by atoms with Gasteiger partial charge in [-0.1, -0.05) is 18.5 Å². The molecule has 2 rings (SSSR count). The monoisotopic (exact) mass is 373 g/mol. The Morgan fingerprint density at radius 2 is 1.77 bits per heavy atom. The molecule has 0 saturated carbocycles. The maximum absolute atomic E-state index is 11.8. The van der Waals surface area contributed by atoms with Crippen molar-refractivity contribution in [1.82, 2.24) is 5.43 Å². The number of benzene rings is 2. The lowest BCUT2D eigenvalue weighted by molar-refractivity contribution is -0.126. The molecule has 26 heavy (non-hydrogen) atoms. The van der Waals surface area contributed by atoms with Gasteiger partial charge in [-0.3, -0.25) is 9.59 Å². The predicted octanol–water partition coefficient (Wildman–Crippen LogP) is 3.61. The SMILES string of the molecule is CCCOc1ccc(C=NNC(=O)CC(=O)Nc2ccc(Cl)cc2)cc1. The van der Waals surface area contributed by atoms with Crippen LogP contribution in [-0.4, -0.2) is 24.6 Å². The Bertz CT molecular complexity index is 759. The topological polar surface area (TPSA) is 79.8 Å². The van der Waals surface area contributed by atoms with E-state index in [4.69, 9.17) is 16.3 Å². The van der Waals surface area contributed by atoms with Crippen LogP contribution in [0.5, 0.6) is 5.75 Å². The summed E-state index contributed by atoms with van der Waals surface area (Å²) >= 11 is 5.77. The number of halogens is 1. The summed E-state index contributed by atoms with van der Waals surface area (Å²) < 4.78 is 5.49. The van der Waals surface area contributed by atoms with Crippen molar-refractivity contribution >= 4 is 35.3 Å². The molecule has 0 aromatic heterocycles. The zero-order valence-corrected chi connectivity index (χ0v) is 15.1. The first kappa shape index (κ1) is 19.5. The van der Waals surface area contributed by atoms with E-state index in [9.17, 15) is 9.59 Å². The first-order chi connectivity index (χ1) is 12.6. The number of hydrogen-bond acceptors (Lipinski definition) is 4. The number of rotatable bonds is 8. The molecule has 2 aromatic rings. The minimum atomic E-state index is -0.504. The second kappa shape index (κ2) is 10.2. The summed E-state index contributed by atoms with van der Waals surface area (Å²) in [5.74, 6) is -0.153. The van der Waals surface area contributed by atoms with Crippen LogP contribution in [0.4, 0.5) is 5.69 Å². The van der Waals surface area contributed by atoms with Crippen molar-refractivity contribution in [3.63, 3.8) is 0 Å². The van der Waals surface area contributed by atoms with E-state index >= 15 is 0 Å². The number of carbonyl (C=O) groups is 2. The molecule has 0 saturated heterocycles. The van der Waals surface area contributed by atoms with Gasteiger partial charge in [0.05, 0.1) is 12.8 Å². The van der Waals surface area contributed by atoms with Crippen molar-refractivity contribution in [1.29, 1.82) is 0 Å². The number of hydrogen-bond donors (Lipinski definition) is 2. The molecule has 6 nitrogen and oxygen atoms in total. The highest BCUT2D eigenvalue weighted by atomic mass is 35.5. The van der Waals surface area contributed by atoms with Crippen molar-refractivity contribution in [2.24, 2.45) is 5.10 Å². The largest absolute Gasteiger partial charge is 0.494 e. The molecular formula is C19H20ClN3O3. The van der Waals surface area contributed by atoms with Crippen LogP contribution in [0.15, 0.2) is 53.6 Å². The van der Waals surface area contributed by atoms with Crippen LogP contribution < -0.4 is 15.5 Å². The summed E-state index contributed by atoms with van der Waals surface area (Å²) in [5, 5.41) is 7.02. The van der Waals surface area contributed by atoms with Crippen LogP contribution in [0.2, 0.25) is 5.02 Å². The Hall–Kier alpha value is -2.86. The molecule has 0 aliphatic rings. The fourth-order valence-corrected chi connectivity index (χ4v) is 2.10. The first-order valence-corrected chi connectivity index (χ1v) is 8.55. The van der Waals surface area contributed by atoms with Crippen LogP contribution in [0.3, 0.4) is 0 Å². The van der Waals surface area contributed by atoms with Crippen LogP contribution in [0, 0.1) is 0 Å². The fourth-order valence-electron chi connectivity index (χ4n) is 1.97. The molecule has 2 N–H and O–H groups in total. The van der Waals surface area contributed by atoms with Gasteiger partial charge in [-0.05, 0) is 60.5 Å². The van der Waals surface area contributed by atoms with Crippen LogP contribution in [0.1, 0.15) is 25.3 Å². The molecular weight excluding hydrogens is 354 g/mol. The van der Waals surface area contributed by atoms with E-state index in [0.29, 0.717) is 17.3 Å². The molecule has 0 heterocycles. The minimum absolute atomic E-state index is 0.330. The number of anilines is 1. The van der Waals surface area contributed by atoms with E-state index in [1.807, 2.05) is 31.2 Å². The van der Waals surface area contributed by atoms with Gasteiger partial charge in [0.25, 0.3) is 0 Å². The van der Waals surface area contributed by atoms with Gasteiger partial charge in [-0.2, -0.15) is 5.10 Å². The summed E-state index contributed by atoms with van der Waals surface area (Å²) in [7, 11) is 0. The Labute approximate surface area is 157 Å². The molecule has 136 valence electrons. The van der Waals surface area contributed by atoms with Gasteiger partial charge in [0.2, 0.25) is 11.8 Å². The van der Waals surface area contributed by atoms with Crippen molar-refractivity contribution in [2.45, 2.75) is 19.8 Å². The van der Waals surface area contributed by atoms with Crippen molar-refractivity contribution in [3.05, 3.63) is 59.1 Å². The van der Waals surface area contributed by atoms with Crippen molar-refractivity contribution in [3.8, 4) is 5.75 Å². The molecule has 7 heteroatoms. The van der Waals surface area contributed by atoms with Crippen molar-refractivity contribution in [2.75, 3.05) is 11.9 Å². The second-order valence-electron chi connectivity index (χ2n) is 5.44. The number of ether oxygens (including phenoxy) is 1. The van der Waals surface area contributed by atoms with Gasteiger partial charge in [-0.15, -0.1) is 0 Å². The lowest BCUT2D eigenvalue weighted by atomic mass is 10.2. The number of hydrazone groups is 1. The van der Waals surface area contributed by atoms with E-state index < -0.39 is 11.8 Å². The van der Waals surface area contributed by atoms with Gasteiger partial charge < -0.3 is 10.1 Å². The molecule has 2 amide bonds. The molecule has 0 spiro atoms. The van der Waals surface area contributed by atoms with E-state index in [1.54, 1.807) is 24.3 Å². The van der Waals surface area contributed by atoms with E-state index in [0.717, 1.165) is 17.7 Å². The predicted molar refractivity (Wildman–Crippen MR) is 103 cm³/mol. The minimum Gasteiger partial charge on any atom is -0.494 e.